The van der Waals surface area contributed by atoms with Crippen LogP contribution in [-0.2, 0) is 12.0 Å². The van der Waals surface area contributed by atoms with Gasteiger partial charge in [-0.05, 0) is 54.0 Å². The number of aliphatic hydroxyl groups excluding tert-OH is 1. The summed E-state index contributed by atoms with van der Waals surface area (Å²) in [5.41, 5.74) is 13.0. The Balaban J connectivity index is 1.14. The Morgan fingerprint density at radius 3 is 2.39 bits per heavy atom. The summed E-state index contributed by atoms with van der Waals surface area (Å²) in [5, 5.41) is 17.8. The number of aromatic nitrogens is 2. The number of nitrogens with zero attached hydrogens (tertiary/aromatic N) is 2. The predicted molar refractivity (Wildman–Crippen MR) is 154 cm³/mol. The first-order valence-corrected chi connectivity index (χ1v) is 13.4. The number of rotatable bonds is 11. The van der Waals surface area contributed by atoms with E-state index in [0.717, 1.165) is 41.2 Å². The zero-order valence-corrected chi connectivity index (χ0v) is 22.1. The normalized spacial score (nSPS) is 15.7. The van der Waals surface area contributed by atoms with Crippen LogP contribution in [0, 0.1) is 0 Å². The molecule has 0 amide bonds. The summed E-state index contributed by atoms with van der Waals surface area (Å²) in [6.07, 6.45) is 3.72. The molecule has 6 heteroatoms. The molecule has 4 aromatic rings. The van der Waals surface area contributed by atoms with Gasteiger partial charge in [0, 0.05) is 35.4 Å². The Labute approximate surface area is 225 Å². The van der Waals surface area contributed by atoms with Gasteiger partial charge < -0.3 is 21.5 Å². The monoisotopic (exact) mass is 507 g/mol. The van der Waals surface area contributed by atoms with Gasteiger partial charge in [0.25, 0.3) is 0 Å². The molecular weight excluding hydrogens is 470 g/mol. The molecule has 3 aromatic carbocycles. The first-order chi connectivity index (χ1) is 18.4. The summed E-state index contributed by atoms with van der Waals surface area (Å²) in [5.74, 6) is 1.23. The van der Waals surface area contributed by atoms with Crippen LogP contribution in [0.4, 0.5) is 11.5 Å². The van der Waals surface area contributed by atoms with Crippen molar-refractivity contribution in [3.05, 3.63) is 108 Å². The smallest absolute Gasteiger partial charge is 0.134 e. The van der Waals surface area contributed by atoms with Crippen LogP contribution >= 0.6 is 0 Å². The van der Waals surface area contributed by atoms with Crippen molar-refractivity contribution in [3.8, 4) is 11.3 Å². The standard InChI is InChI=1S/C32H37N5O/c1-22(2)25-9-6-10-26(18-25)32(15-16-32)36-20-30(38)28(33)17-23-11-13-27(14-12-23)37-31-19-29(34-21-35-31)24-7-4-3-5-8-24/h3-14,18-19,21-22,28,30,36,38H,15-17,20,33H2,1-2H3,(H,34,35,37). The molecule has 1 fully saturated rings. The first-order valence-electron chi connectivity index (χ1n) is 13.4. The third-order valence-corrected chi connectivity index (χ3v) is 7.43. The van der Waals surface area contributed by atoms with Gasteiger partial charge >= 0.3 is 0 Å². The fourth-order valence-electron chi connectivity index (χ4n) is 4.81. The lowest BCUT2D eigenvalue weighted by Gasteiger charge is -2.24. The molecule has 0 spiro atoms. The summed E-state index contributed by atoms with van der Waals surface area (Å²) in [6, 6.07) is 28.6. The Morgan fingerprint density at radius 2 is 1.68 bits per heavy atom. The molecule has 1 aliphatic carbocycles. The van der Waals surface area contributed by atoms with E-state index in [1.807, 2.05) is 60.7 Å². The molecule has 2 atom stereocenters. The van der Waals surface area contributed by atoms with Crippen LogP contribution in [-0.4, -0.2) is 33.8 Å². The molecule has 6 nitrogen and oxygen atoms in total. The molecule has 0 radical (unpaired) electrons. The van der Waals surface area contributed by atoms with Gasteiger partial charge in [0.15, 0.2) is 0 Å². The Hall–Kier alpha value is -3.58. The summed E-state index contributed by atoms with van der Waals surface area (Å²) in [4.78, 5) is 8.73. The van der Waals surface area contributed by atoms with Crippen molar-refractivity contribution in [2.45, 2.75) is 56.7 Å². The lowest BCUT2D eigenvalue weighted by molar-refractivity contribution is 0.136. The molecular formula is C32H37N5O. The second kappa shape index (κ2) is 11.4. The van der Waals surface area contributed by atoms with E-state index in [4.69, 9.17) is 5.73 Å². The van der Waals surface area contributed by atoms with Crippen molar-refractivity contribution in [2.75, 3.05) is 11.9 Å². The third kappa shape index (κ3) is 6.27. The number of hydrogen-bond donors (Lipinski definition) is 4. The van der Waals surface area contributed by atoms with Crippen molar-refractivity contribution in [3.63, 3.8) is 0 Å². The average Bonchev–Trinajstić information content (AvgIpc) is 3.75. The highest BCUT2D eigenvalue weighted by Gasteiger charge is 2.44. The fraction of sp³-hybridized carbons (Fsp3) is 0.312. The van der Waals surface area contributed by atoms with E-state index in [1.165, 1.54) is 11.1 Å². The number of nitrogens with one attached hydrogen (secondary N) is 2. The van der Waals surface area contributed by atoms with Gasteiger partial charge in [-0.25, -0.2) is 9.97 Å². The van der Waals surface area contributed by atoms with E-state index < -0.39 is 6.10 Å². The molecule has 1 saturated carbocycles. The minimum Gasteiger partial charge on any atom is -0.390 e. The van der Waals surface area contributed by atoms with Crippen LogP contribution in [0.15, 0.2) is 91.3 Å². The summed E-state index contributed by atoms with van der Waals surface area (Å²) in [6.45, 7) is 4.91. The highest BCUT2D eigenvalue weighted by molar-refractivity contribution is 5.65. The topological polar surface area (TPSA) is 96.1 Å². The number of nitrogens with two attached hydrogens (primary N) is 1. The fourth-order valence-corrected chi connectivity index (χ4v) is 4.81. The zero-order chi connectivity index (χ0) is 26.5. The number of anilines is 2. The van der Waals surface area contributed by atoms with Crippen molar-refractivity contribution in [2.24, 2.45) is 5.73 Å². The van der Waals surface area contributed by atoms with Crippen LogP contribution in [0.25, 0.3) is 11.3 Å². The minimum atomic E-state index is -0.629. The summed E-state index contributed by atoms with van der Waals surface area (Å²) in [7, 11) is 0. The number of hydrogen-bond acceptors (Lipinski definition) is 6. The molecule has 1 heterocycles. The van der Waals surface area contributed by atoms with Crippen molar-refractivity contribution >= 4 is 11.5 Å². The second-order valence-corrected chi connectivity index (χ2v) is 10.7. The maximum absolute atomic E-state index is 10.8. The van der Waals surface area contributed by atoms with Gasteiger partial charge in [-0.1, -0.05) is 80.6 Å². The first kappa shape index (κ1) is 26.0. The van der Waals surface area contributed by atoms with Crippen LogP contribution in [0.3, 0.4) is 0 Å². The van der Waals surface area contributed by atoms with Gasteiger partial charge in [0.1, 0.15) is 12.1 Å². The Kier molecular flexibility index (Phi) is 7.84. The van der Waals surface area contributed by atoms with E-state index in [2.05, 4.69) is 58.7 Å². The molecule has 1 aromatic heterocycles. The van der Waals surface area contributed by atoms with Crippen molar-refractivity contribution in [1.29, 1.82) is 0 Å². The SMILES string of the molecule is CC(C)c1cccc(C2(NCC(O)C(N)Cc3ccc(Nc4cc(-c5ccccc5)ncn4)cc3)CC2)c1. The Morgan fingerprint density at radius 1 is 0.921 bits per heavy atom. The lowest BCUT2D eigenvalue weighted by Crippen LogP contribution is -2.45. The molecule has 0 saturated heterocycles. The van der Waals surface area contributed by atoms with E-state index in [0.29, 0.717) is 18.9 Å². The highest BCUT2D eigenvalue weighted by atomic mass is 16.3. The van der Waals surface area contributed by atoms with E-state index >= 15 is 0 Å². The Bertz CT molecular complexity index is 1340. The quantitative estimate of drug-likeness (QED) is 0.213. The maximum Gasteiger partial charge on any atom is 0.134 e. The minimum absolute atomic E-state index is 0.0275. The zero-order valence-electron chi connectivity index (χ0n) is 22.1. The van der Waals surface area contributed by atoms with Gasteiger partial charge in [0.2, 0.25) is 0 Å². The second-order valence-electron chi connectivity index (χ2n) is 10.7. The van der Waals surface area contributed by atoms with Gasteiger partial charge in [-0.15, -0.1) is 0 Å². The predicted octanol–water partition coefficient (Wildman–Crippen LogP) is 5.52. The maximum atomic E-state index is 10.8. The van der Waals surface area contributed by atoms with Crippen LogP contribution in [0.2, 0.25) is 0 Å². The van der Waals surface area contributed by atoms with Gasteiger partial charge in [-0.3, -0.25) is 0 Å². The lowest BCUT2D eigenvalue weighted by atomic mass is 9.96. The van der Waals surface area contributed by atoms with Gasteiger partial charge in [0.05, 0.1) is 11.8 Å². The van der Waals surface area contributed by atoms with E-state index in [9.17, 15) is 5.11 Å². The molecule has 2 unspecified atom stereocenters. The summed E-state index contributed by atoms with van der Waals surface area (Å²) < 4.78 is 0. The third-order valence-electron chi connectivity index (χ3n) is 7.43. The van der Waals surface area contributed by atoms with Crippen LogP contribution < -0.4 is 16.4 Å². The van der Waals surface area contributed by atoms with E-state index in [-0.39, 0.29) is 11.6 Å². The molecule has 1 aliphatic rings. The number of aliphatic hydroxyl groups is 1. The largest absolute Gasteiger partial charge is 0.390 e. The molecule has 5 N–H and O–H groups in total. The molecule has 0 aliphatic heterocycles. The van der Waals surface area contributed by atoms with Crippen LogP contribution in [0.1, 0.15) is 49.3 Å². The summed E-state index contributed by atoms with van der Waals surface area (Å²) >= 11 is 0. The molecule has 196 valence electrons. The molecule has 5 rings (SSSR count). The average molecular weight is 508 g/mol. The van der Waals surface area contributed by atoms with Crippen LogP contribution in [0.5, 0.6) is 0 Å². The van der Waals surface area contributed by atoms with Gasteiger partial charge in [-0.2, -0.15) is 0 Å². The van der Waals surface area contributed by atoms with Crippen molar-refractivity contribution < 1.29 is 5.11 Å². The van der Waals surface area contributed by atoms with E-state index in [1.54, 1.807) is 6.33 Å². The highest BCUT2D eigenvalue weighted by Crippen LogP contribution is 2.46. The molecule has 38 heavy (non-hydrogen) atoms. The molecule has 0 bridgehead atoms. The number of benzene rings is 3. The van der Waals surface area contributed by atoms with Crippen molar-refractivity contribution in [1.82, 2.24) is 15.3 Å².